The van der Waals surface area contributed by atoms with E-state index < -0.39 is 5.60 Å². The van der Waals surface area contributed by atoms with Crippen molar-refractivity contribution in [3.63, 3.8) is 0 Å². The first-order chi connectivity index (χ1) is 9.31. The lowest BCUT2D eigenvalue weighted by Crippen LogP contribution is -2.42. The Labute approximate surface area is 120 Å². The molecule has 1 heterocycles. The SMILES string of the molecule is COC(=O)COCC1CCN(C(=O)OC(C)(C)C)CC1. The highest BCUT2D eigenvalue weighted by molar-refractivity contribution is 5.70. The van der Waals surface area contributed by atoms with Gasteiger partial charge in [-0.3, -0.25) is 0 Å². The summed E-state index contributed by atoms with van der Waals surface area (Å²) >= 11 is 0. The first-order valence-corrected chi connectivity index (χ1v) is 6.94. The van der Waals surface area contributed by atoms with E-state index in [0.29, 0.717) is 25.6 Å². The zero-order chi connectivity index (χ0) is 15.2. The number of piperidine rings is 1. The molecule has 0 radical (unpaired) electrons. The van der Waals surface area contributed by atoms with Crippen LogP contribution in [0.25, 0.3) is 0 Å². The smallest absolute Gasteiger partial charge is 0.410 e. The maximum absolute atomic E-state index is 11.9. The molecule has 0 aliphatic carbocycles. The van der Waals surface area contributed by atoms with Gasteiger partial charge in [-0.15, -0.1) is 0 Å². The van der Waals surface area contributed by atoms with Crippen LogP contribution >= 0.6 is 0 Å². The third kappa shape index (κ3) is 6.23. The number of carbonyl (C=O) groups is 2. The minimum absolute atomic E-state index is 0.0111. The average Bonchev–Trinajstić information content (AvgIpc) is 2.37. The Morgan fingerprint density at radius 3 is 2.30 bits per heavy atom. The molecule has 0 aromatic rings. The van der Waals surface area contributed by atoms with Gasteiger partial charge in [-0.2, -0.15) is 0 Å². The monoisotopic (exact) mass is 287 g/mol. The van der Waals surface area contributed by atoms with E-state index >= 15 is 0 Å². The van der Waals surface area contributed by atoms with Crippen LogP contribution in [0, 0.1) is 5.92 Å². The Morgan fingerprint density at radius 2 is 1.80 bits per heavy atom. The highest BCUT2D eigenvalue weighted by atomic mass is 16.6. The standard InChI is InChI=1S/C14H25NO5/c1-14(2,3)20-13(17)15-7-5-11(6-8-15)9-19-10-12(16)18-4/h11H,5-10H2,1-4H3. The molecule has 20 heavy (non-hydrogen) atoms. The first-order valence-electron chi connectivity index (χ1n) is 6.94. The number of carbonyl (C=O) groups excluding carboxylic acids is 2. The molecule has 1 aliphatic rings. The van der Waals surface area contributed by atoms with Gasteiger partial charge >= 0.3 is 12.1 Å². The molecule has 0 aromatic heterocycles. The summed E-state index contributed by atoms with van der Waals surface area (Å²) in [7, 11) is 1.34. The van der Waals surface area contributed by atoms with Crippen molar-refractivity contribution in [3.8, 4) is 0 Å². The number of rotatable bonds is 4. The number of methoxy groups -OCH3 is 1. The lowest BCUT2D eigenvalue weighted by Gasteiger charge is -2.33. The number of amides is 1. The zero-order valence-corrected chi connectivity index (χ0v) is 12.8. The molecule has 0 spiro atoms. The number of hydrogen-bond acceptors (Lipinski definition) is 5. The summed E-state index contributed by atoms with van der Waals surface area (Å²) in [6.45, 7) is 7.43. The van der Waals surface area contributed by atoms with Crippen molar-refractivity contribution in [1.29, 1.82) is 0 Å². The molecule has 1 saturated heterocycles. The van der Waals surface area contributed by atoms with Crippen LogP contribution in [0.4, 0.5) is 4.79 Å². The maximum atomic E-state index is 11.9. The Morgan fingerprint density at radius 1 is 1.20 bits per heavy atom. The molecule has 0 N–H and O–H groups in total. The van der Waals surface area contributed by atoms with Crippen molar-refractivity contribution in [2.75, 3.05) is 33.4 Å². The molecule has 0 atom stereocenters. The largest absolute Gasteiger partial charge is 0.467 e. The summed E-state index contributed by atoms with van der Waals surface area (Å²) in [5, 5.41) is 0. The fourth-order valence-corrected chi connectivity index (χ4v) is 1.98. The van der Waals surface area contributed by atoms with Gasteiger partial charge in [0, 0.05) is 13.1 Å². The normalized spacial score (nSPS) is 16.9. The maximum Gasteiger partial charge on any atom is 0.410 e. The van der Waals surface area contributed by atoms with Gasteiger partial charge in [0.2, 0.25) is 0 Å². The average molecular weight is 287 g/mol. The Bertz CT molecular complexity index is 329. The summed E-state index contributed by atoms with van der Waals surface area (Å²) in [5.74, 6) is 0.00883. The second-order valence-corrected chi connectivity index (χ2v) is 6.00. The molecule has 0 bridgehead atoms. The van der Waals surface area contributed by atoms with E-state index in [-0.39, 0.29) is 18.7 Å². The van der Waals surface area contributed by atoms with E-state index in [1.807, 2.05) is 20.8 Å². The molecule has 1 amide bonds. The first kappa shape index (κ1) is 16.8. The summed E-state index contributed by atoms with van der Waals surface area (Å²) in [4.78, 5) is 24.5. The van der Waals surface area contributed by atoms with Gasteiger partial charge < -0.3 is 19.1 Å². The highest BCUT2D eigenvalue weighted by Gasteiger charge is 2.26. The Hall–Kier alpha value is -1.30. The van der Waals surface area contributed by atoms with Crippen molar-refractivity contribution >= 4 is 12.1 Å². The second kappa shape index (κ2) is 7.47. The molecular weight excluding hydrogens is 262 g/mol. The number of likely N-dealkylation sites (tertiary alicyclic amines) is 1. The molecule has 1 fully saturated rings. The Kier molecular flexibility index (Phi) is 6.26. The van der Waals surface area contributed by atoms with Gasteiger partial charge in [-0.25, -0.2) is 9.59 Å². The van der Waals surface area contributed by atoms with Crippen molar-refractivity contribution in [3.05, 3.63) is 0 Å². The van der Waals surface area contributed by atoms with E-state index in [1.165, 1.54) is 7.11 Å². The predicted octanol–water partition coefficient (Wildman–Crippen LogP) is 1.82. The number of esters is 1. The van der Waals surface area contributed by atoms with Crippen LogP contribution in [-0.2, 0) is 19.0 Å². The van der Waals surface area contributed by atoms with E-state index in [2.05, 4.69) is 4.74 Å². The number of hydrogen-bond donors (Lipinski definition) is 0. The van der Waals surface area contributed by atoms with Crippen molar-refractivity contribution in [1.82, 2.24) is 4.90 Å². The van der Waals surface area contributed by atoms with Gasteiger partial charge in [0.1, 0.15) is 12.2 Å². The Balaban J connectivity index is 2.23. The van der Waals surface area contributed by atoms with Gasteiger partial charge in [-0.05, 0) is 39.5 Å². The topological polar surface area (TPSA) is 65.1 Å². The molecule has 1 rings (SSSR count). The van der Waals surface area contributed by atoms with E-state index in [9.17, 15) is 9.59 Å². The van der Waals surface area contributed by atoms with E-state index in [0.717, 1.165) is 12.8 Å². The van der Waals surface area contributed by atoms with Crippen molar-refractivity contribution < 1.29 is 23.8 Å². The van der Waals surface area contributed by atoms with Gasteiger partial charge in [0.15, 0.2) is 0 Å². The molecule has 6 nitrogen and oxygen atoms in total. The fourth-order valence-electron chi connectivity index (χ4n) is 1.98. The molecule has 6 heteroatoms. The van der Waals surface area contributed by atoms with Crippen LogP contribution in [0.1, 0.15) is 33.6 Å². The summed E-state index contributed by atoms with van der Waals surface area (Å²) in [5.41, 5.74) is -0.461. The molecule has 0 aromatic carbocycles. The fraction of sp³-hybridized carbons (Fsp3) is 0.857. The molecule has 0 unspecified atom stereocenters. The number of nitrogens with zero attached hydrogens (tertiary/aromatic N) is 1. The highest BCUT2D eigenvalue weighted by Crippen LogP contribution is 2.19. The zero-order valence-electron chi connectivity index (χ0n) is 12.8. The van der Waals surface area contributed by atoms with Crippen LogP contribution in [0.15, 0.2) is 0 Å². The van der Waals surface area contributed by atoms with Crippen LogP contribution < -0.4 is 0 Å². The van der Waals surface area contributed by atoms with Crippen molar-refractivity contribution in [2.45, 2.75) is 39.2 Å². The van der Waals surface area contributed by atoms with Crippen LogP contribution in [0.3, 0.4) is 0 Å². The predicted molar refractivity (Wildman–Crippen MR) is 73.4 cm³/mol. The third-order valence-electron chi connectivity index (χ3n) is 3.07. The second-order valence-electron chi connectivity index (χ2n) is 6.00. The van der Waals surface area contributed by atoms with Crippen LogP contribution in [0.5, 0.6) is 0 Å². The molecule has 116 valence electrons. The summed E-state index contributed by atoms with van der Waals surface area (Å²) < 4.78 is 15.1. The van der Waals surface area contributed by atoms with E-state index in [4.69, 9.17) is 9.47 Å². The third-order valence-corrected chi connectivity index (χ3v) is 3.07. The lowest BCUT2D eigenvalue weighted by molar-refractivity contribution is -0.146. The minimum Gasteiger partial charge on any atom is -0.467 e. The number of ether oxygens (including phenoxy) is 3. The van der Waals surface area contributed by atoms with Gasteiger partial charge in [-0.1, -0.05) is 0 Å². The van der Waals surface area contributed by atoms with Gasteiger partial charge in [0.05, 0.1) is 13.7 Å². The minimum atomic E-state index is -0.461. The summed E-state index contributed by atoms with van der Waals surface area (Å²) in [6.07, 6.45) is 1.47. The quantitative estimate of drug-likeness (QED) is 0.738. The molecule has 1 aliphatic heterocycles. The molecular formula is C14H25NO5. The van der Waals surface area contributed by atoms with Gasteiger partial charge in [0.25, 0.3) is 0 Å². The van der Waals surface area contributed by atoms with Crippen molar-refractivity contribution in [2.24, 2.45) is 5.92 Å². The lowest BCUT2D eigenvalue weighted by atomic mass is 9.98. The van der Waals surface area contributed by atoms with Crippen LogP contribution in [0.2, 0.25) is 0 Å². The summed E-state index contributed by atoms with van der Waals surface area (Å²) in [6, 6.07) is 0. The molecule has 0 saturated carbocycles. The van der Waals surface area contributed by atoms with E-state index in [1.54, 1.807) is 4.90 Å². The van der Waals surface area contributed by atoms with Crippen LogP contribution in [-0.4, -0.2) is 56.0 Å².